The molecule has 1 saturated carbocycles. The first kappa shape index (κ1) is 40.8. The van der Waals surface area contributed by atoms with Gasteiger partial charge < -0.3 is 24.1 Å². The van der Waals surface area contributed by atoms with Crippen LogP contribution in [0.15, 0.2) is 0 Å². The molecule has 1 aliphatic carbocycles. The lowest BCUT2D eigenvalue weighted by Gasteiger charge is -2.51. The first-order valence-electron chi connectivity index (χ1n) is 19.6. The van der Waals surface area contributed by atoms with Crippen molar-refractivity contribution in [3.63, 3.8) is 0 Å². The maximum atomic E-state index is 13.1. The first-order chi connectivity index (χ1) is 22.6. The SMILES string of the molecule is CCCCCCCCCCCCCCCC(=O)OC1CCC(C)(OC(C)=O)C2OC(CC1(C)O)C1C2C(C(C)C)CCC1(C)OC(C)=O. The third kappa shape index (κ3) is 11.2. The van der Waals surface area contributed by atoms with Gasteiger partial charge in [0.15, 0.2) is 0 Å². The Morgan fingerprint density at radius 3 is 1.79 bits per heavy atom. The molecule has 9 atom stereocenters. The fraction of sp³-hybridized carbons (Fsp3) is 0.925. The molecule has 278 valence electrons. The highest BCUT2D eigenvalue weighted by molar-refractivity contribution is 5.69. The van der Waals surface area contributed by atoms with E-state index in [2.05, 4.69) is 20.8 Å². The van der Waals surface area contributed by atoms with Gasteiger partial charge in [0.1, 0.15) is 29.0 Å². The number of hydrogen-bond acceptors (Lipinski definition) is 8. The van der Waals surface area contributed by atoms with Crippen LogP contribution in [-0.2, 0) is 33.3 Å². The summed E-state index contributed by atoms with van der Waals surface area (Å²) >= 11 is 0. The highest BCUT2D eigenvalue weighted by Gasteiger charge is 2.65. The van der Waals surface area contributed by atoms with Crippen molar-refractivity contribution in [2.45, 2.75) is 213 Å². The van der Waals surface area contributed by atoms with Crippen LogP contribution in [0.5, 0.6) is 0 Å². The standard InChI is InChI=1S/C40H70O8/c1-9-10-11-12-13-14-15-16-17-18-19-20-21-22-34(43)46-33-24-26-40(8,48-30(5)42)37-35-31(28(2)3)23-25-39(7,47-29(4)41)36(35)32(45-37)27-38(33,6)44/h28,31-33,35-37,44H,9-27H2,1-8H3. The van der Waals surface area contributed by atoms with Crippen LogP contribution in [0, 0.1) is 23.7 Å². The zero-order chi connectivity index (χ0) is 35.5. The third-order valence-electron chi connectivity index (χ3n) is 11.8. The molecule has 2 bridgehead atoms. The number of esters is 3. The van der Waals surface area contributed by atoms with Gasteiger partial charge in [-0.25, -0.2) is 0 Å². The minimum Gasteiger partial charge on any atom is -0.459 e. The molecule has 0 spiro atoms. The van der Waals surface area contributed by atoms with Crippen molar-refractivity contribution >= 4 is 17.9 Å². The van der Waals surface area contributed by atoms with Crippen molar-refractivity contribution in [2.24, 2.45) is 23.7 Å². The van der Waals surface area contributed by atoms with E-state index in [0.29, 0.717) is 31.6 Å². The molecular weight excluding hydrogens is 608 g/mol. The lowest BCUT2D eigenvalue weighted by molar-refractivity contribution is -0.185. The predicted octanol–water partition coefficient (Wildman–Crippen LogP) is 9.02. The van der Waals surface area contributed by atoms with Crippen molar-refractivity contribution < 1.29 is 38.4 Å². The number of carbonyl (C=O) groups excluding carboxylic acids is 3. The number of carbonyl (C=O) groups is 3. The Morgan fingerprint density at radius 1 is 0.771 bits per heavy atom. The first-order valence-corrected chi connectivity index (χ1v) is 19.6. The van der Waals surface area contributed by atoms with E-state index in [0.717, 1.165) is 25.7 Å². The molecule has 3 fully saturated rings. The van der Waals surface area contributed by atoms with Crippen LogP contribution in [0.25, 0.3) is 0 Å². The van der Waals surface area contributed by atoms with E-state index in [-0.39, 0.29) is 36.1 Å². The second-order valence-electron chi connectivity index (χ2n) is 16.5. The van der Waals surface area contributed by atoms with Crippen LogP contribution >= 0.6 is 0 Å². The zero-order valence-corrected chi connectivity index (χ0v) is 31.8. The van der Waals surface area contributed by atoms with Gasteiger partial charge in [-0.15, -0.1) is 0 Å². The molecule has 48 heavy (non-hydrogen) atoms. The molecule has 1 N–H and O–H groups in total. The summed E-state index contributed by atoms with van der Waals surface area (Å²) in [4.78, 5) is 38.1. The molecule has 0 aromatic carbocycles. The van der Waals surface area contributed by atoms with Crippen LogP contribution in [-0.4, -0.2) is 58.1 Å². The van der Waals surface area contributed by atoms with Gasteiger partial charge in [0.25, 0.3) is 0 Å². The molecule has 2 heterocycles. The fourth-order valence-electron chi connectivity index (χ4n) is 9.39. The van der Waals surface area contributed by atoms with E-state index in [9.17, 15) is 19.5 Å². The average molecular weight is 679 g/mol. The van der Waals surface area contributed by atoms with Gasteiger partial charge in [-0.3, -0.25) is 14.4 Å². The molecule has 8 nitrogen and oxygen atoms in total. The van der Waals surface area contributed by atoms with Gasteiger partial charge in [0.2, 0.25) is 0 Å². The number of rotatable bonds is 18. The van der Waals surface area contributed by atoms with E-state index in [1.165, 1.54) is 78.1 Å². The smallest absolute Gasteiger partial charge is 0.306 e. The molecule has 3 rings (SSSR count). The summed E-state index contributed by atoms with van der Waals surface area (Å²) < 4.78 is 25.1. The van der Waals surface area contributed by atoms with Crippen LogP contribution in [0.2, 0.25) is 0 Å². The second kappa shape index (κ2) is 18.5. The third-order valence-corrected chi connectivity index (χ3v) is 11.8. The number of fused-ring (bicyclic) bond motifs is 5. The average Bonchev–Trinajstić information content (AvgIpc) is 3.37. The van der Waals surface area contributed by atoms with Gasteiger partial charge in [-0.1, -0.05) is 97.8 Å². The Morgan fingerprint density at radius 2 is 1.27 bits per heavy atom. The van der Waals surface area contributed by atoms with Crippen molar-refractivity contribution in [1.29, 1.82) is 0 Å². The van der Waals surface area contributed by atoms with Gasteiger partial charge in [-0.05, 0) is 64.7 Å². The summed E-state index contributed by atoms with van der Waals surface area (Å²) in [5.41, 5.74) is -3.20. The van der Waals surface area contributed by atoms with Gasteiger partial charge in [0.05, 0.1) is 6.10 Å². The van der Waals surface area contributed by atoms with Crippen LogP contribution in [0.4, 0.5) is 0 Å². The Kier molecular flexibility index (Phi) is 15.7. The van der Waals surface area contributed by atoms with Crippen LogP contribution < -0.4 is 0 Å². The normalized spacial score (nSPS) is 34.9. The highest BCUT2D eigenvalue weighted by atomic mass is 16.6. The monoisotopic (exact) mass is 679 g/mol. The number of unbranched alkanes of at least 4 members (excludes halogenated alkanes) is 12. The second-order valence-corrected chi connectivity index (χ2v) is 16.5. The minimum absolute atomic E-state index is 0.0390. The van der Waals surface area contributed by atoms with Crippen molar-refractivity contribution in [1.82, 2.24) is 0 Å². The highest BCUT2D eigenvalue weighted by Crippen LogP contribution is 2.58. The summed E-state index contributed by atoms with van der Waals surface area (Å²) in [6.07, 6.45) is 17.2. The molecular formula is C40H70O8. The molecule has 2 aliphatic heterocycles. The van der Waals surface area contributed by atoms with Crippen LogP contribution in [0.1, 0.15) is 177 Å². The largest absolute Gasteiger partial charge is 0.459 e. The predicted molar refractivity (Wildman–Crippen MR) is 188 cm³/mol. The van der Waals surface area contributed by atoms with E-state index >= 15 is 0 Å². The Balaban J connectivity index is 1.64. The van der Waals surface area contributed by atoms with E-state index in [1.807, 2.05) is 13.8 Å². The zero-order valence-electron chi connectivity index (χ0n) is 31.8. The van der Waals surface area contributed by atoms with Gasteiger partial charge >= 0.3 is 17.9 Å². The van der Waals surface area contributed by atoms with E-state index < -0.39 is 41.1 Å². The van der Waals surface area contributed by atoms with Crippen molar-refractivity contribution in [3.8, 4) is 0 Å². The number of ether oxygens (including phenoxy) is 4. The summed E-state index contributed by atoms with van der Waals surface area (Å²) in [7, 11) is 0. The molecule has 0 aromatic heterocycles. The number of hydrogen-bond donors (Lipinski definition) is 1. The Bertz CT molecular complexity index is 1020. The molecule has 0 aromatic rings. The summed E-state index contributed by atoms with van der Waals surface area (Å²) in [5, 5.41) is 12.0. The molecule has 0 radical (unpaired) electrons. The maximum Gasteiger partial charge on any atom is 0.306 e. The van der Waals surface area contributed by atoms with Crippen molar-refractivity contribution in [2.75, 3.05) is 0 Å². The molecule has 8 heteroatoms. The number of aliphatic hydroxyl groups is 1. The quantitative estimate of drug-likeness (QED) is 0.0869. The van der Waals surface area contributed by atoms with Crippen LogP contribution in [0.3, 0.4) is 0 Å². The molecule has 0 amide bonds. The minimum atomic E-state index is -1.39. The fourth-order valence-corrected chi connectivity index (χ4v) is 9.39. The van der Waals surface area contributed by atoms with E-state index in [1.54, 1.807) is 6.92 Å². The molecule has 3 aliphatic rings. The lowest BCUT2D eigenvalue weighted by Crippen LogP contribution is -2.58. The van der Waals surface area contributed by atoms with Gasteiger partial charge in [0, 0.05) is 38.5 Å². The molecule has 2 saturated heterocycles. The summed E-state index contributed by atoms with van der Waals surface area (Å²) in [6.45, 7) is 15.1. The molecule has 9 unspecified atom stereocenters. The maximum absolute atomic E-state index is 13.1. The summed E-state index contributed by atoms with van der Waals surface area (Å²) in [5.74, 6) is -0.694. The van der Waals surface area contributed by atoms with E-state index in [4.69, 9.17) is 18.9 Å². The topological polar surface area (TPSA) is 108 Å². The Hall–Kier alpha value is -1.67. The Labute approximate surface area is 292 Å². The summed E-state index contributed by atoms with van der Waals surface area (Å²) in [6, 6.07) is 0. The van der Waals surface area contributed by atoms with Gasteiger partial charge in [-0.2, -0.15) is 0 Å². The van der Waals surface area contributed by atoms with Crippen molar-refractivity contribution in [3.05, 3.63) is 0 Å². The lowest BCUT2D eigenvalue weighted by atomic mass is 9.57.